The summed E-state index contributed by atoms with van der Waals surface area (Å²) < 4.78 is 0. The van der Waals surface area contributed by atoms with Gasteiger partial charge >= 0.3 is 0 Å². The van der Waals surface area contributed by atoms with Gasteiger partial charge in [0.2, 0.25) is 0 Å². The van der Waals surface area contributed by atoms with E-state index in [9.17, 15) is 20.4 Å². The van der Waals surface area contributed by atoms with Gasteiger partial charge in [-0.1, -0.05) is 95.6 Å². The molecule has 14 heteroatoms. The number of hydrogen-bond acceptors (Lipinski definition) is 10. The van der Waals surface area contributed by atoms with E-state index in [0.717, 1.165) is 35.9 Å². The van der Waals surface area contributed by atoms with Crippen molar-refractivity contribution in [3.05, 3.63) is 0 Å². The summed E-state index contributed by atoms with van der Waals surface area (Å²) in [5.41, 5.74) is -0.197. The van der Waals surface area contributed by atoms with Crippen LogP contribution in [0.25, 0.3) is 0 Å². The summed E-state index contributed by atoms with van der Waals surface area (Å²) in [5, 5.41) is 38.5. The van der Waals surface area contributed by atoms with Gasteiger partial charge in [-0.25, -0.2) is 0 Å². The first-order valence-electron chi connectivity index (χ1n) is 11.4. The molecule has 0 aromatic heterocycles. The van der Waals surface area contributed by atoms with Crippen molar-refractivity contribution in [2.75, 3.05) is 23.0 Å². The van der Waals surface area contributed by atoms with Crippen LogP contribution in [0.4, 0.5) is 0 Å². The molecule has 0 aliphatic heterocycles. The molecule has 0 saturated heterocycles. The van der Waals surface area contributed by atoms with E-state index in [1.807, 2.05) is 21.6 Å². The highest BCUT2D eigenvalue weighted by Crippen LogP contribution is 2.43. The van der Waals surface area contributed by atoms with E-state index in [0.29, 0.717) is 0 Å². The summed E-state index contributed by atoms with van der Waals surface area (Å²) in [6.07, 6.45) is 1.87. The van der Waals surface area contributed by atoms with Gasteiger partial charge in [0, 0.05) is 34.5 Å². The molecule has 0 radical (unpaired) electrons. The summed E-state index contributed by atoms with van der Waals surface area (Å²) in [7, 11) is 7.07. The lowest BCUT2D eigenvalue weighted by Gasteiger charge is -2.13. The maximum absolute atomic E-state index is 9.65. The molecule has 4 unspecified atom stereocenters. The maximum atomic E-state index is 9.65. The number of hydrogen-bond donors (Lipinski definition) is 4. The monoisotopic (exact) mass is 632 g/mol. The van der Waals surface area contributed by atoms with Crippen molar-refractivity contribution in [3.8, 4) is 0 Å². The van der Waals surface area contributed by atoms with Gasteiger partial charge in [-0.05, 0) is 32.5 Å². The van der Waals surface area contributed by atoms with E-state index in [1.165, 1.54) is 0 Å². The topological polar surface area (TPSA) is 80.9 Å². The van der Waals surface area contributed by atoms with Crippen LogP contribution in [-0.2, 0) is 0 Å². The summed E-state index contributed by atoms with van der Waals surface area (Å²) in [6, 6.07) is 0. The maximum Gasteiger partial charge on any atom is 0.0663 e. The molecule has 0 saturated carbocycles. The third kappa shape index (κ3) is 24.5. The standard InChI is InChI=1S/C10H26O2S2Si2.C8H22O2S4Si2/c1-15(2)9(11)5-7-13-14-8-6-10(12)16(3)4;1-15(2)7(9)5-11-13-14-12-6-8(10)16(3)4/h9-12,15-16H,5-8H2,1-4H3;7-10,15-16H,5-6H2,1-4H3. The summed E-state index contributed by atoms with van der Waals surface area (Å²) in [4.78, 5) is 0. The minimum absolute atomic E-state index is 0.0261. The fourth-order valence-electron chi connectivity index (χ4n) is 1.74. The van der Waals surface area contributed by atoms with Gasteiger partial charge in [0.25, 0.3) is 0 Å². The molecule has 0 aliphatic carbocycles. The van der Waals surface area contributed by atoms with Crippen LogP contribution in [0.5, 0.6) is 0 Å². The fraction of sp³-hybridized carbons (Fsp3) is 1.00. The number of aliphatic hydroxyl groups excluding tert-OH is 4. The largest absolute Gasteiger partial charge is 0.397 e. The summed E-state index contributed by atoms with van der Waals surface area (Å²) in [6.45, 7) is 17.4. The molecule has 196 valence electrons. The molecule has 0 aromatic rings. The lowest BCUT2D eigenvalue weighted by Crippen LogP contribution is -2.26. The van der Waals surface area contributed by atoms with Gasteiger partial charge in [-0.3, -0.25) is 0 Å². The van der Waals surface area contributed by atoms with Crippen LogP contribution < -0.4 is 0 Å². The molecule has 0 aromatic carbocycles. The Labute approximate surface area is 227 Å². The molecular formula is C18H48O4S6Si4. The van der Waals surface area contributed by atoms with E-state index in [4.69, 9.17) is 0 Å². The zero-order chi connectivity index (χ0) is 25.1. The van der Waals surface area contributed by atoms with Crippen molar-refractivity contribution in [2.45, 2.75) is 88.1 Å². The Bertz CT molecular complexity index is 346. The minimum Gasteiger partial charge on any atom is -0.397 e. The zero-order valence-corrected chi connectivity index (χ0v) is 30.6. The molecule has 0 amide bonds. The molecule has 0 spiro atoms. The quantitative estimate of drug-likeness (QED) is 0.0995. The predicted octanol–water partition coefficient (Wildman–Crippen LogP) is 4.36. The Kier molecular flexibility index (Phi) is 27.9. The Balaban J connectivity index is 0. The van der Waals surface area contributed by atoms with Gasteiger partial charge in [0.05, 0.1) is 46.6 Å². The lowest BCUT2D eigenvalue weighted by molar-refractivity contribution is 0.245. The molecule has 32 heavy (non-hydrogen) atoms. The van der Waals surface area contributed by atoms with Crippen molar-refractivity contribution in [2.24, 2.45) is 0 Å². The molecule has 0 rings (SSSR count). The fourth-order valence-corrected chi connectivity index (χ4v) is 16.3. The van der Waals surface area contributed by atoms with Crippen molar-refractivity contribution in [1.82, 2.24) is 0 Å². The van der Waals surface area contributed by atoms with E-state index in [2.05, 4.69) is 52.4 Å². The Morgan fingerprint density at radius 2 is 0.750 bits per heavy atom. The highest BCUT2D eigenvalue weighted by atomic mass is 33.7. The van der Waals surface area contributed by atoms with Crippen LogP contribution in [0.3, 0.4) is 0 Å². The molecular weight excluding hydrogens is 585 g/mol. The molecule has 0 aliphatic rings. The van der Waals surface area contributed by atoms with Gasteiger partial charge < -0.3 is 20.4 Å². The average Bonchev–Trinajstić information content (AvgIpc) is 2.72. The normalized spacial score (nSPS) is 15.8. The Morgan fingerprint density at radius 3 is 1.00 bits per heavy atom. The first-order chi connectivity index (χ1) is 14.9. The second-order valence-electron chi connectivity index (χ2n) is 9.17. The molecule has 0 heterocycles. The van der Waals surface area contributed by atoms with Crippen LogP contribution in [0.2, 0.25) is 52.4 Å². The smallest absolute Gasteiger partial charge is 0.0663 e. The third-order valence-corrected chi connectivity index (χ3v) is 21.7. The van der Waals surface area contributed by atoms with E-state index >= 15 is 0 Å². The first-order valence-corrected chi connectivity index (χ1v) is 31.0. The second-order valence-corrected chi connectivity index (χ2v) is 31.0. The van der Waals surface area contributed by atoms with Crippen LogP contribution >= 0.6 is 62.8 Å². The van der Waals surface area contributed by atoms with E-state index in [-0.39, 0.29) is 22.9 Å². The van der Waals surface area contributed by atoms with Crippen LogP contribution in [0.1, 0.15) is 12.8 Å². The van der Waals surface area contributed by atoms with Crippen molar-refractivity contribution < 1.29 is 20.4 Å². The molecule has 4 atom stereocenters. The highest BCUT2D eigenvalue weighted by molar-refractivity contribution is 9.26. The SMILES string of the molecule is C[SiH](C)C(O)CCSSCCC(O)[SiH](C)C.C[SiH](C)C(O)CSSSSCC(O)[SiH](C)C. The van der Waals surface area contributed by atoms with Gasteiger partial charge in [0.1, 0.15) is 0 Å². The molecule has 4 nitrogen and oxygen atoms in total. The van der Waals surface area contributed by atoms with Gasteiger partial charge in [-0.15, -0.1) is 0 Å². The molecule has 4 N–H and O–H groups in total. The van der Waals surface area contributed by atoms with Crippen molar-refractivity contribution in [1.29, 1.82) is 0 Å². The van der Waals surface area contributed by atoms with Crippen molar-refractivity contribution >= 4 is 98.0 Å². The second kappa shape index (κ2) is 24.2. The van der Waals surface area contributed by atoms with Crippen LogP contribution in [-0.4, -0.2) is 102 Å². The first kappa shape index (κ1) is 37.0. The summed E-state index contributed by atoms with van der Waals surface area (Å²) in [5.74, 6) is 3.74. The van der Waals surface area contributed by atoms with Crippen molar-refractivity contribution in [3.63, 3.8) is 0 Å². The van der Waals surface area contributed by atoms with Crippen LogP contribution in [0.15, 0.2) is 0 Å². The summed E-state index contributed by atoms with van der Waals surface area (Å²) >= 11 is 0. The minimum atomic E-state index is -0.882. The molecule has 0 fully saturated rings. The van der Waals surface area contributed by atoms with E-state index < -0.39 is 35.2 Å². The number of aliphatic hydroxyl groups is 4. The Hall–Kier alpha value is 2.81. The third-order valence-electron chi connectivity index (χ3n) is 4.76. The van der Waals surface area contributed by atoms with Crippen LogP contribution in [0, 0.1) is 0 Å². The van der Waals surface area contributed by atoms with Gasteiger partial charge in [0.15, 0.2) is 0 Å². The lowest BCUT2D eigenvalue weighted by atomic mass is 10.5. The highest BCUT2D eigenvalue weighted by Gasteiger charge is 2.13. The molecule has 0 bridgehead atoms. The predicted molar refractivity (Wildman–Crippen MR) is 174 cm³/mol. The zero-order valence-electron chi connectivity index (χ0n) is 21.1. The number of rotatable bonds is 18. The Morgan fingerprint density at radius 1 is 0.469 bits per heavy atom. The van der Waals surface area contributed by atoms with E-state index in [1.54, 1.807) is 41.2 Å². The average molecular weight is 633 g/mol. The van der Waals surface area contributed by atoms with Gasteiger partial charge in [-0.2, -0.15) is 0 Å².